The van der Waals surface area contributed by atoms with Gasteiger partial charge in [-0.2, -0.15) is 0 Å². The first-order valence-electron chi connectivity index (χ1n) is 8.54. The van der Waals surface area contributed by atoms with Gasteiger partial charge in [-0.1, -0.05) is 42.5 Å². The lowest BCUT2D eigenvalue weighted by Gasteiger charge is -2.32. The molecule has 3 rings (SSSR count). The van der Waals surface area contributed by atoms with Crippen LogP contribution in [-0.2, 0) is 11.2 Å². The number of nitrogens with zero attached hydrogens (tertiary/aromatic N) is 1. The second-order valence-corrected chi connectivity index (χ2v) is 6.31. The number of para-hydroxylation sites is 1. The number of phenols is 1. The second-order valence-electron chi connectivity index (χ2n) is 6.31. The number of benzene rings is 2. The Morgan fingerprint density at radius 3 is 2.32 bits per heavy atom. The van der Waals surface area contributed by atoms with Crippen molar-refractivity contribution in [2.45, 2.75) is 25.3 Å². The minimum absolute atomic E-state index is 0.00536. The van der Waals surface area contributed by atoms with Crippen LogP contribution in [0.5, 0.6) is 5.75 Å². The third kappa shape index (κ3) is 4.38. The van der Waals surface area contributed by atoms with E-state index in [0.29, 0.717) is 25.1 Å². The fourth-order valence-electron chi connectivity index (χ4n) is 3.11. The van der Waals surface area contributed by atoms with Crippen LogP contribution in [0.1, 0.15) is 28.8 Å². The molecule has 1 heterocycles. The highest BCUT2D eigenvalue weighted by Gasteiger charge is 2.25. The van der Waals surface area contributed by atoms with E-state index < -0.39 is 0 Å². The molecule has 0 aromatic heterocycles. The van der Waals surface area contributed by atoms with E-state index in [1.54, 1.807) is 23.1 Å². The molecule has 0 unspecified atom stereocenters. The number of amides is 2. The number of hydrogen-bond acceptors (Lipinski definition) is 3. The van der Waals surface area contributed by atoms with Crippen LogP contribution in [0.25, 0.3) is 0 Å². The summed E-state index contributed by atoms with van der Waals surface area (Å²) >= 11 is 0. The molecule has 0 aliphatic carbocycles. The molecule has 25 heavy (non-hydrogen) atoms. The highest BCUT2D eigenvalue weighted by atomic mass is 16.3. The van der Waals surface area contributed by atoms with E-state index >= 15 is 0 Å². The Labute approximate surface area is 147 Å². The van der Waals surface area contributed by atoms with Crippen molar-refractivity contribution in [3.8, 4) is 5.75 Å². The van der Waals surface area contributed by atoms with E-state index in [2.05, 4.69) is 5.32 Å². The number of phenolic OH excluding ortho intramolecular Hbond substituents is 1. The van der Waals surface area contributed by atoms with Crippen molar-refractivity contribution < 1.29 is 14.7 Å². The standard InChI is InChI=1S/C20H22N2O3/c23-18-9-5-4-8-17(18)20(25)22-12-10-16(11-13-22)21-19(24)14-15-6-2-1-3-7-15/h1-9,16,23H,10-14H2,(H,21,24). The number of hydrogen-bond donors (Lipinski definition) is 2. The average Bonchev–Trinajstić information content (AvgIpc) is 2.63. The number of carbonyl (C=O) groups is 2. The van der Waals surface area contributed by atoms with Gasteiger partial charge in [0.05, 0.1) is 12.0 Å². The maximum absolute atomic E-state index is 12.5. The molecule has 0 bridgehead atoms. The molecule has 2 aromatic carbocycles. The largest absolute Gasteiger partial charge is 0.507 e. The van der Waals surface area contributed by atoms with Gasteiger partial charge in [0.2, 0.25) is 5.91 Å². The normalized spacial score (nSPS) is 15.0. The van der Waals surface area contributed by atoms with Crippen LogP contribution in [-0.4, -0.2) is 41.0 Å². The lowest BCUT2D eigenvalue weighted by atomic mass is 10.0. The Kier molecular flexibility index (Phi) is 5.33. The highest BCUT2D eigenvalue weighted by molar-refractivity contribution is 5.96. The molecular weight excluding hydrogens is 316 g/mol. The third-order valence-electron chi connectivity index (χ3n) is 4.49. The molecule has 130 valence electrons. The molecule has 1 fully saturated rings. The van der Waals surface area contributed by atoms with Gasteiger partial charge < -0.3 is 15.3 Å². The summed E-state index contributed by atoms with van der Waals surface area (Å²) in [7, 11) is 0. The van der Waals surface area contributed by atoms with Gasteiger partial charge in [0.25, 0.3) is 5.91 Å². The highest BCUT2D eigenvalue weighted by Crippen LogP contribution is 2.20. The molecule has 1 aliphatic rings. The van der Waals surface area contributed by atoms with Crippen LogP contribution >= 0.6 is 0 Å². The van der Waals surface area contributed by atoms with Crippen molar-refractivity contribution in [1.82, 2.24) is 10.2 Å². The van der Waals surface area contributed by atoms with Crippen molar-refractivity contribution in [1.29, 1.82) is 0 Å². The smallest absolute Gasteiger partial charge is 0.257 e. The number of aromatic hydroxyl groups is 1. The number of nitrogens with one attached hydrogen (secondary N) is 1. The summed E-state index contributed by atoms with van der Waals surface area (Å²) in [6, 6.07) is 16.3. The minimum Gasteiger partial charge on any atom is -0.507 e. The van der Waals surface area contributed by atoms with Crippen LogP contribution in [0, 0.1) is 0 Å². The first kappa shape index (κ1) is 17.0. The summed E-state index contributed by atoms with van der Waals surface area (Å²) in [6.45, 7) is 1.15. The van der Waals surface area contributed by atoms with Crippen LogP contribution in [0.2, 0.25) is 0 Å². The van der Waals surface area contributed by atoms with Crippen LogP contribution in [0.15, 0.2) is 54.6 Å². The van der Waals surface area contributed by atoms with Gasteiger partial charge in [-0.15, -0.1) is 0 Å². The van der Waals surface area contributed by atoms with Gasteiger partial charge >= 0.3 is 0 Å². The quantitative estimate of drug-likeness (QED) is 0.899. The van der Waals surface area contributed by atoms with Gasteiger partial charge in [-0.3, -0.25) is 9.59 Å². The van der Waals surface area contributed by atoms with Crippen LogP contribution < -0.4 is 5.32 Å². The number of carbonyl (C=O) groups excluding carboxylic acids is 2. The van der Waals surface area contributed by atoms with Gasteiger partial charge in [0.1, 0.15) is 5.75 Å². The lowest BCUT2D eigenvalue weighted by molar-refractivity contribution is -0.121. The SMILES string of the molecule is O=C(Cc1ccccc1)NC1CCN(C(=O)c2ccccc2O)CC1. The lowest BCUT2D eigenvalue weighted by Crippen LogP contribution is -2.46. The van der Waals surface area contributed by atoms with Gasteiger partial charge in [0, 0.05) is 19.1 Å². The van der Waals surface area contributed by atoms with Crippen molar-refractivity contribution in [2.75, 3.05) is 13.1 Å². The van der Waals surface area contributed by atoms with E-state index in [1.807, 2.05) is 30.3 Å². The topological polar surface area (TPSA) is 69.6 Å². The van der Waals surface area contributed by atoms with Crippen molar-refractivity contribution >= 4 is 11.8 Å². The summed E-state index contributed by atoms with van der Waals surface area (Å²) in [6.07, 6.45) is 1.82. The third-order valence-corrected chi connectivity index (χ3v) is 4.49. The Morgan fingerprint density at radius 1 is 1.00 bits per heavy atom. The van der Waals surface area contributed by atoms with Crippen LogP contribution in [0.3, 0.4) is 0 Å². The summed E-state index contributed by atoms with van der Waals surface area (Å²) in [5.74, 6) is -0.144. The predicted octanol–water partition coefficient (Wildman–Crippen LogP) is 2.36. The summed E-state index contributed by atoms with van der Waals surface area (Å²) in [5.41, 5.74) is 1.32. The maximum atomic E-state index is 12.5. The van der Waals surface area contributed by atoms with Gasteiger partial charge in [-0.05, 0) is 30.5 Å². The van der Waals surface area contributed by atoms with Crippen molar-refractivity contribution in [2.24, 2.45) is 0 Å². The van der Waals surface area contributed by atoms with Crippen molar-refractivity contribution in [3.05, 3.63) is 65.7 Å². The zero-order valence-corrected chi connectivity index (χ0v) is 14.0. The second kappa shape index (κ2) is 7.83. The monoisotopic (exact) mass is 338 g/mol. The van der Waals surface area contributed by atoms with E-state index in [-0.39, 0.29) is 23.6 Å². The zero-order valence-electron chi connectivity index (χ0n) is 14.0. The van der Waals surface area contributed by atoms with E-state index in [1.165, 1.54) is 6.07 Å². The van der Waals surface area contributed by atoms with Crippen LogP contribution in [0.4, 0.5) is 0 Å². The molecule has 2 amide bonds. The molecule has 1 saturated heterocycles. The minimum atomic E-state index is -0.160. The van der Waals surface area contributed by atoms with Crippen molar-refractivity contribution in [3.63, 3.8) is 0 Å². The number of piperidine rings is 1. The Morgan fingerprint density at radius 2 is 1.64 bits per heavy atom. The average molecular weight is 338 g/mol. The molecular formula is C20H22N2O3. The van der Waals surface area contributed by atoms with E-state index in [0.717, 1.165) is 18.4 Å². The Balaban J connectivity index is 1.49. The van der Waals surface area contributed by atoms with Gasteiger partial charge in [0.15, 0.2) is 0 Å². The molecule has 0 atom stereocenters. The summed E-state index contributed by atoms with van der Waals surface area (Å²) in [5, 5.41) is 12.9. The first-order valence-corrected chi connectivity index (χ1v) is 8.54. The number of rotatable bonds is 4. The molecule has 5 heteroatoms. The predicted molar refractivity (Wildman–Crippen MR) is 95.3 cm³/mol. The number of likely N-dealkylation sites (tertiary alicyclic amines) is 1. The molecule has 0 radical (unpaired) electrons. The fraction of sp³-hybridized carbons (Fsp3) is 0.300. The molecule has 2 aromatic rings. The molecule has 5 nitrogen and oxygen atoms in total. The Hall–Kier alpha value is -2.82. The zero-order chi connectivity index (χ0) is 17.6. The maximum Gasteiger partial charge on any atom is 0.257 e. The molecule has 2 N–H and O–H groups in total. The molecule has 0 spiro atoms. The molecule has 0 saturated carbocycles. The Bertz CT molecular complexity index is 738. The van der Waals surface area contributed by atoms with Gasteiger partial charge in [-0.25, -0.2) is 0 Å². The first-order chi connectivity index (χ1) is 12.1. The van der Waals surface area contributed by atoms with E-state index in [9.17, 15) is 14.7 Å². The fourth-order valence-corrected chi connectivity index (χ4v) is 3.11. The molecule has 1 aliphatic heterocycles. The summed E-state index contributed by atoms with van der Waals surface area (Å²) in [4.78, 5) is 26.3. The van der Waals surface area contributed by atoms with E-state index in [4.69, 9.17) is 0 Å². The summed E-state index contributed by atoms with van der Waals surface area (Å²) < 4.78 is 0.